The molecule has 0 bridgehead atoms. The van der Waals surface area contributed by atoms with Crippen molar-refractivity contribution in [1.29, 1.82) is 0 Å². The summed E-state index contributed by atoms with van der Waals surface area (Å²) < 4.78 is 0. The topological polar surface area (TPSA) is 96.9 Å². The number of nitrogens with zero attached hydrogens (tertiary/aromatic N) is 3. The Kier molecular flexibility index (Phi) is 4.10. The number of carbonyl (C=O) groups is 2. The Hall–Kier alpha value is -2.35. The summed E-state index contributed by atoms with van der Waals surface area (Å²) in [6, 6.07) is 0. The van der Waals surface area contributed by atoms with Gasteiger partial charge in [-0.15, -0.1) is 11.3 Å². The second kappa shape index (κ2) is 6.18. The summed E-state index contributed by atoms with van der Waals surface area (Å²) >= 11 is 1.39. The van der Waals surface area contributed by atoms with Crippen molar-refractivity contribution in [3.05, 3.63) is 33.7 Å². The molecule has 3 heterocycles. The molecule has 2 N–H and O–H groups in total. The van der Waals surface area contributed by atoms with Gasteiger partial charge < -0.3 is 10.6 Å². The zero-order valence-electron chi connectivity index (χ0n) is 12.0. The molecule has 0 atom stereocenters. The molecule has 3 rings (SSSR count). The number of fused-ring (bicyclic) bond motifs is 1. The zero-order valence-corrected chi connectivity index (χ0v) is 12.9. The van der Waals surface area contributed by atoms with Gasteiger partial charge in [0.25, 0.3) is 5.91 Å². The highest BCUT2D eigenvalue weighted by molar-refractivity contribution is 7.13. The van der Waals surface area contributed by atoms with Crippen LogP contribution in [-0.2, 0) is 24.1 Å². The van der Waals surface area contributed by atoms with Crippen molar-refractivity contribution in [2.75, 3.05) is 12.4 Å². The van der Waals surface area contributed by atoms with Crippen LogP contribution in [0.5, 0.6) is 0 Å². The van der Waals surface area contributed by atoms with Gasteiger partial charge in [0.2, 0.25) is 5.91 Å². The minimum atomic E-state index is -0.120. The van der Waals surface area contributed by atoms with Crippen LogP contribution in [0.25, 0.3) is 0 Å². The summed E-state index contributed by atoms with van der Waals surface area (Å²) in [5.74, 6) is 0.490. The Balaban J connectivity index is 1.72. The summed E-state index contributed by atoms with van der Waals surface area (Å²) in [5, 5.41) is 6.25. The Bertz CT molecular complexity index is 728. The Labute approximate surface area is 131 Å². The SMILES string of the molecule is CNC(=O)c1cnc(CCc2ncnc3c2CCC(=O)N3)s1. The molecule has 1 aliphatic heterocycles. The fraction of sp³-hybridized carbons (Fsp3) is 0.357. The first-order valence-electron chi connectivity index (χ1n) is 6.96. The van der Waals surface area contributed by atoms with Crippen molar-refractivity contribution in [2.45, 2.75) is 25.7 Å². The lowest BCUT2D eigenvalue weighted by atomic mass is 10.0. The van der Waals surface area contributed by atoms with Crippen molar-refractivity contribution in [3.8, 4) is 0 Å². The quantitative estimate of drug-likeness (QED) is 0.875. The third-order valence-corrected chi connectivity index (χ3v) is 4.53. The molecular weight excluding hydrogens is 302 g/mol. The van der Waals surface area contributed by atoms with E-state index in [-0.39, 0.29) is 11.8 Å². The van der Waals surface area contributed by atoms with Gasteiger partial charge in [-0.2, -0.15) is 0 Å². The van der Waals surface area contributed by atoms with E-state index >= 15 is 0 Å². The molecular formula is C14H15N5O2S. The van der Waals surface area contributed by atoms with Crippen LogP contribution in [0.1, 0.15) is 32.4 Å². The maximum atomic E-state index is 11.5. The van der Waals surface area contributed by atoms with E-state index in [4.69, 9.17) is 0 Å². The van der Waals surface area contributed by atoms with Gasteiger partial charge in [0.05, 0.1) is 11.2 Å². The Morgan fingerprint density at radius 3 is 3.00 bits per heavy atom. The van der Waals surface area contributed by atoms with Gasteiger partial charge in [0.1, 0.15) is 17.0 Å². The summed E-state index contributed by atoms with van der Waals surface area (Å²) in [6.45, 7) is 0. The maximum absolute atomic E-state index is 11.5. The lowest BCUT2D eigenvalue weighted by Gasteiger charge is -2.17. The number of carbonyl (C=O) groups excluding carboxylic acids is 2. The number of aromatic nitrogens is 3. The van der Waals surface area contributed by atoms with Crippen molar-refractivity contribution in [2.24, 2.45) is 0 Å². The molecule has 0 aromatic carbocycles. The van der Waals surface area contributed by atoms with Gasteiger partial charge in [0, 0.05) is 31.1 Å². The average molecular weight is 317 g/mol. The smallest absolute Gasteiger partial charge is 0.262 e. The number of anilines is 1. The maximum Gasteiger partial charge on any atom is 0.262 e. The molecule has 2 aromatic heterocycles. The highest BCUT2D eigenvalue weighted by atomic mass is 32.1. The van der Waals surface area contributed by atoms with Crippen LogP contribution in [0.3, 0.4) is 0 Å². The van der Waals surface area contributed by atoms with Crippen molar-refractivity contribution >= 4 is 29.0 Å². The van der Waals surface area contributed by atoms with Crippen LogP contribution in [-0.4, -0.2) is 33.8 Å². The number of rotatable bonds is 4. The molecule has 0 saturated heterocycles. The number of thiazole rings is 1. The summed E-state index contributed by atoms with van der Waals surface area (Å²) in [5.41, 5.74) is 1.94. The van der Waals surface area contributed by atoms with E-state index in [0.717, 1.165) is 16.3 Å². The molecule has 8 heteroatoms. The van der Waals surface area contributed by atoms with Crippen LogP contribution >= 0.6 is 11.3 Å². The van der Waals surface area contributed by atoms with Crippen LogP contribution in [0.15, 0.2) is 12.5 Å². The first kappa shape index (κ1) is 14.6. The molecule has 22 heavy (non-hydrogen) atoms. The fourth-order valence-corrected chi connectivity index (χ4v) is 3.21. The molecule has 0 fully saturated rings. The fourth-order valence-electron chi connectivity index (χ4n) is 2.35. The number of amides is 2. The van der Waals surface area contributed by atoms with Crippen LogP contribution in [0, 0.1) is 0 Å². The van der Waals surface area contributed by atoms with Crippen molar-refractivity contribution in [1.82, 2.24) is 20.3 Å². The van der Waals surface area contributed by atoms with Gasteiger partial charge in [0.15, 0.2) is 0 Å². The molecule has 0 radical (unpaired) electrons. The highest BCUT2D eigenvalue weighted by Gasteiger charge is 2.19. The molecule has 0 unspecified atom stereocenters. The first-order valence-corrected chi connectivity index (χ1v) is 7.78. The van der Waals surface area contributed by atoms with Crippen LogP contribution in [0.2, 0.25) is 0 Å². The number of nitrogens with one attached hydrogen (secondary N) is 2. The molecule has 1 aliphatic rings. The molecule has 2 aromatic rings. The van der Waals surface area contributed by atoms with E-state index in [1.807, 2.05) is 0 Å². The van der Waals surface area contributed by atoms with Crippen molar-refractivity contribution in [3.63, 3.8) is 0 Å². The van der Waals surface area contributed by atoms with E-state index < -0.39 is 0 Å². The van der Waals surface area contributed by atoms with Gasteiger partial charge in [-0.05, 0) is 12.8 Å². The highest BCUT2D eigenvalue weighted by Crippen LogP contribution is 2.23. The lowest BCUT2D eigenvalue weighted by Crippen LogP contribution is -2.22. The van der Waals surface area contributed by atoms with Crippen LogP contribution < -0.4 is 10.6 Å². The normalized spacial score (nSPS) is 13.4. The van der Waals surface area contributed by atoms with E-state index in [1.54, 1.807) is 13.2 Å². The molecule has 2 amide bonds. The third kappa shape index (κ3) is 2.96. The summed E-state index contributed by atoms with van der Waals surface area (Å²) in [6.07, 6.45) is 5.61. The minimum absolute atomic E-state index is 0.00714. The third-order valence-electron chi connectivity index (χ3n) is 3.47. The Morgan fingerprint density at radius 2 is 2.18 bits per heavy atom. The first-order chi connectivity index (χ1) is 10.7. The largest absolute Gasteiger partial charge is 0.354 e. The Morgan fingerprint density at radius 1 is 1.32 bits per heavy atom. The van der Waals surface area contributed by atoms with Gasteiger partial charge in [-0.3, -0.25) is 9.59 Å². The monoisotopic (exact) mass is 317 g/mol. The molecule has 7 nitrogen and oxygen atoms in total. The summed E-state index contributed by atoms with van der Waals surface area (Å²) in [4.78, 5) is 36.2. The minimum Gasteiger partial charge on any atom is -0.354 e. The number of hydrogen-bond donors (Lipinski definition) is 2. The molecule has 0 saturated carbocycles. The number of aryl methyl sites for hydroxylation is 2. The molecule has 114 valence electrons. The zero-order chi connectivity index (χ0) is 15.5. The van der Waals surface area contributed by atoms with E-state index in [9.17, 15) is 9.59 Å². The molecule has 0 aliphatic carbocycles. The van der Waals surface area contributed by atoms with Gasteiger partial charge >= 0.3 is 0 Å². The number of hydrogen-bond acceptors (Lipinski definition) is 6. The van der Waals surface area contributed by atoms with Crippen LogP contribution in [0.4, 0.5) is 5.82 Å². The van der Waals surface area contributed by atoms with E-state index in [0.29, 0.717) is 36.4 Å². The molecule has 0 spiro atoms. The predicted molar refractivity (Wildman–Crippen MR) is 81.9 cm³/mol. The van der Waals surface area contributed by atoms with E-state index in [2.05, 4.69) is 25.6 Å². The lowest BCUT2D eigenvalue weighted by molar-refractivity contribution is -0.116. The predicted octanol–water partition coefficient (Wildman–Crippen LogP) is 0.963. The van der Waals surface area contributed by atoms with Gasteiger partial charge in [-0.25, -0.2) is 15.0 Å². The van der Waals surface area contributed by atoms with E-state index in [1.165, 1.54) is 17.7 Å². The van der Waals surface area contributed by atoms with Crippen molar-refractivity contribution < 1.29 is 9.59 Å². The second-order valence-corrected chi connectivity index (χ2v) is 6.01. The standard InChI is InChI=1S/C14H15N5O2S/c1-15-14(21)10-6-16-12(22-10)5-3-9-8-2-4-11(20)19-13(8)18-7-17-9/h6-7H,2-5H2,1H3,(H,15,21)(H,17,18,19,20). The van der Waals surface area contributed by atoms with Gasteiger partial charge in [-0.1, -0.05) is 0 Å². The summed E-state index contributed by atoms with van der Waals surface area (Å²) in [7, 11) is 1.60. The second-order valence-electron chi connectivity index (χ2n) is 4.89. The average Bonchev–Trinajstić information content (AvgIpc) is 3.00.